The number of hydrogen-bond acceptors (Lipinski definition) is 3. The first-order chi connectivity index (χ1) is 8.24. The van der Waals surface area contributed by atoms with E-state index >= 15 is 0 Å². The van der Waals surface area contributed by atoms with Crippen LogP contribution in [-0.2, 0) is 0 Å². The largest absolute Gasteiger partial charge is 0.336 e. The molecule has 17 heavy (non-hydrogen) atoms. The summed E-state index contributed by atoms with van der Waals surface area (Å²) < 4.78 is 0. The van der Waals surface area contributed by atoms with Crippen LogP contribution in [0.2, 0.25) is 0 Å². The van der Waals surface area contributed by atoms with Gasteiger partial charge in [0.15, 0.2) is 0 Å². The van der Waals surface area contributed by atoms with Gasteiger partial charge >= 0.3 is 6.03 Å². The van der Waals surface area contributed by atoms with Gasteiger partial charge in [0.2, 0.25) is 0 Å². The van der Waals surface area contributed by atoms with Crippen LogP contribution in [0.5, 0.6) is 0 Å². The zero-order valence-electron chi connectivity index (χ0n) is 10.3. The molecule has 3 aliphatic rings. The van der Waals surface area contributed by atoms with E-state index in [-0.39, 0.29) is 6.03 Å². The van der Waals surface area contributed by atoms with Crippen molar-refractivity contribution in [3.8, 4) is 0 Å². The molecule has 0 spiro atoms. The molecule has 1 saturated carbocycles. The lowest BCUT2D eigenvalue weighted by Gasteiger charge is -2.43. The van der Waals surface area contributed by atoms with Crippen molar-refractivity contribution in [1.29, 1.82) is 0 Å². The molecule has 2 saturated heterocycles. The highest BCUT2D eigenvalue weighted by molar-refractivity contribution is 5.77. The number of fused-ring (bicyclic) bond motifs is 1. The first-order valence-corrected chi connectivity index (χ1v) is 6.78. The number of carbonyl (C=O) groups is 1. The fourth-order valence-electron chi connectivity index (χ4n) is 3.49. The summed E-state index contributed by atoms with van der Waals surface area (Å²) in [4.78, 5) is 16.1. The van der Waals surface area contributed by atoms with Crippen LogP contribution in [-0.4, -0.2) is 60.1 Å². The molecule has 2 heterocycles. The first-order valence-electron chi connectivity index (χ1n) is 6.78. The number of hydrogen-bond donors (Lipinski definition) is 2. The molecule has 5 nitrogen and oxygen atoms in total. The lowest BCUT2D eigenvalue weighted by molar-refractivity contribution is 0.0688. The SMILES string of the molecule is NC1CCCC(N2CCN3C(=O)NCC3C2)C1. The molecular weight excluding hydrogens is 216 g/mol. The minimum absolute atomic E-state index is 0.120. The summed E-state index contributed by atoms with van der Waals surface area (Å²) in [6.07, 6.45) is 4.85. The van der Waals surface area contributed by atoms with Gasteiger partial charge in [0.25, 0.3) is 0 Å². The maximum atomic E-state index is 11.5. The van der Waals surface area contributed by atoms with Crippen molar-refractivity contribution in [3.05, 3.63) is 0 Å². The van der Waals surface area contributed by atoms with Crippen LogP contribution in [0, 0.1) is 0 Å². The molecule has 3 rings (SSSR count). The van der Waals surface area contributed by atoms with Gasteiger partial charge in [0.05, 0.1) is 6.04 Å². The van der Waals surface area contributed by atoms with Gasteiger partial charge in [-0.05, 0) is 19.3 Å². The maximum Gasteiger partial charge on any atom is 0.317 e. The van der Waals surface area contributed by atoms with Crippen molar-refractivity contribution in [2.45, 2.75) is 43.8 Å². The summed E-state index contributed by atoms with van der Waals surface area (Å²) in [5.74, 6) is 0. The zero-order valence-corrected chi connectivity index (χ0v) is 10.3. The number of amides is 2. The molecular formula is C12H22N4O. The average molecular weight is 238 g/mol. The van der Waals surface area contributed by atoms with Gasteiger partial charge in [-0.25, -0.2) is 4.79 Å². The maximum absolute atomic E-state index is 11.5. The fourth-order valence-corrected chi connectivity index (χ4v) is 3.49. The molecule has 3 N–H and O–H groups in total. The van der Waals surface area contributed by atoms with Crippen molar-refractivity contribution >= 4 is 6.03 Å². The van der Waals surface area contributed by atoms with Crippen LogP contribution < -0.4 is 11.1 Å². The highest BCUT2D eigenvalue weighted by Crippen LogP contribution is 2.25. The van der Waals surface area contributed by atoms with E-state index in [0.29, 0.717) is 18.1 Å². The van der Waals surface area contributed by atoms with Crippen molar-refractivity contribution in [2.24, 2.45) is 5.73 Å². The minimum atomic E-state index is 0.120. The third-order valence-electron chi connectivity index (χ3n) is 4.47. The van der Waals surface area contributed by atoms with E-state index in [2.05, 4.69) is 10.2 Å². The fraction of sp³-hybridized carbons (Fsp3) is 0.917. The number of rotatable bonds is 1. The third-order valence-corrected chi connectivity index (χ3v) is 4.47. The van der Waals surface area contributed by atoms with Crippen LogP contribution >= 0.6 is 0 Å². The Kier molecular flexibility index (Phi) is 2.96. The molecule has 3 unspecified atom stereocenters. The Hall–Kier alpha value is -0.810. The quantitative estimate of drug-likeness (QED) is 0.674. The van der Waals surface area contributed by atoms with E-state index in [1.807, 2.05) is 4.90 Å². The molecule has 3 atom stereocenters. The number of nitrogens with zero attached hydrogens (tertiary/aromatic N) is 2. The summed E-state index contributed by atoms with van der Waals surface area (Å²) in [5.41, 5.74) is 6.06. The van der Waals surface area contributed by atoms with Gasteiger partial charge in [0, 0.05) is 38.3 Å². The average Bonchev–Trinajstić information content (AvgIpc) is 2.71. The number of nitrogens with one attached hydrogen (secondary N) is 1. The number of nitrogens with two attached hydrogens (primary N) is 1. The Labute approximate surface area is 102 Å². The van der Waals surface area contributed by atoms with E-state index in [4.69, 9.17) is 5.73 Å². The van der Waals surface area contributed by atoms with Gasteiger partial charge < -0.3 is 16.0 Å². The first kappa shape index (κ1) is 11.3. The Balaban J connectivity index is 1.61. The summed E-state index contributed by atoms with van der Waals surface area (Å²) in [7, 11) is 0. The molecule has 0 aromatic heterocycles. The molecule has 0 aromatic carbocycles. The second-order valence-corrected chi connectivity index (χ2v) is 5.61. The molecule has 3 fully saturated rings. The second-order valence-electron chi connectivity index (χ2n) is 5.61. The van der Waals surface area contributed by atoms with Crippen LogP contribution in [0.25, 0.3) is 0 Å². The predicted octanol–water partition coefficient (Wildman–Crippen LogP) is -0.0343. The lowest BCUT2D eigenvalue weighted by Crippen LogP contribution is -2.56. The normalized spacial score (nSPS) is 39.0. The highest BCUT2D eigenvalue weighted by Gasteiger charge is 2.38. The van der Waals surface area contributed by atoms with E-state index < -0.39 is 0 Å². The summed E-state index contributed by atoms with van der Waals surface area (Å²) in [6, 6.07) is 1.54. The number of carbonyl (C=O) groups excluding carboxylic acids is 1. The van der Waals surface area contributed by atoms with Crippen LogP contribution in [0.3, 0.4) is 0 Å². The number of piperazine rings is 1. The smallest absolute Gasteiger partial charge is 0.317 e. The van der Waals surface area contributed by atoms with Crippen LogP contribution in [0.15, 0.2) is 0 Å². The second kappa shape index (κ2) is 4.46. The van der Waals surface area contributed by atoms with Crippen molar-refractivity contribution in [1.82, 2.24) is 15.1 Å². The Morgan fingerprint density at radius 1 is 1.24 bits per heavy atom. The predicted molar refractivity (Wildman–Crippen MR) is 65.7 cm³/mol. The van der Waals surface area contributed by atoms with Gasteiger partial charge in [-0.3, -0.25) is 4.90 Å². The standard InChI is InChI=1S/C12H22N4O/c13-9-2-1-3-10(6-9)15-4-5-16-11(8-15)7-14-12(16)17/h9-11H,1-8,13H2,(H,14,17). The third kappa shape index (κ3) is 2.13. The van der Waals surface area contributed by atoms with Crippen LogP contribution in [0.4, 0.5) is 4.79 Å². The Morgan fingerprint density at radius 2 is 2.12 bits per heavy atom. The van der Waals surface area contributed by atoms with E-state index in [0.717, 1.165) is 32.6 Å². The Bertz CT molecular complexity index is 309. The molecule has 5 heteroatoms. The summed E-state index contributed by atoms with van der Waals surface area (Å²) >= 11 is 0. The summed E-state index contributed by atoms with van der Waals surface area (Å²) in [5, 5.41) is 2.93. The van der Waals surface area contributed by atoms with E-state index in [9.17, 15) is 4.79 Å². The van der Waals surface area contributed by atoms with E-state index in [1.165, 1.54) is 19.3 Å². The summed E-state index contributed by atoms with van der Waals surface area (Å²) in [6.45, 7) is 3.73. The van der Waals surface area contributed by atoms with Crippen molar-refractivity contribution in [2.75, 3.05) is 26.2 Å². The van der Waals surface area contributed by atoms with Gasteiger partial charge in [-0.2, -0.15) is 0 Å². The molecule has 0 bridgehead atoms. The van der Waals surface area contributed by atoms with Crippen molar-refractivity contribution < 1.29 is 4.79 Å². The van der Waals surface area contributed by atoms with Crippen molar-refractivity contribution in [3.63, 3.8) is 0 Å². The molecule has 0 aromatic rings. The topological polar surface area (TPSA) is 61.6 Å². The monoisotopic (exact) mass is 238 g/mol. The molecule has 0 radical (unpaired) electrons. The van der Waals surface area contributed by atoms with Gasteiger partial charge in [-0.15, -0.1) is 0 Å². The lowest BCUT2D eigenvalue weighted by atomic mass is 9.90. The van der Waals surface area contributed by atoms with Gasteiger partial charge in [0.1, 0.15) is 0 Å². The number of urea groups is 1. The molecule has 1 aliphatic carbocycles. The molecule has 96 valence electrons. The highest BCUT2D eigenvalue weighted by atomic mass is 16.2. The van der Waals surface area contributed by atoms with Crippen LogP contribution in [0.1, 0.15) is 25.7 Å². The zero-order chi connectivity index (χ0) is 11.8. The molecule has 2 aliphatic heterocycles. The Morgan fingerprint density at radius 3 is 2.94 bits per heavy atom. The van der Waals surface area contributed by atoms with E-state index in [1.54, 1.807) is 0 Å². The van der Waals surface area contributed by atoms with Gasteiger partial charge in [-0.1, -0.05) is 6.42 Å². The minimum Gasteiger partial charge on any atom is -0.336 e. The molecule has 2 amide bonds.